The van der Waals surface area contributed by atoms with E-state index in [1.54, 1.807) is 24.3 Å². The van der Waals surface area contributed by atoms with Crippen molar-refractivity contribution >= 4 is 39.5 Å². The van der Waals surface area contributed by atoms with Crippen LogP contribution in [0.4, 0.5) is 29.1 Å². The molecule has 2 heterocycles. The predicted octanol–water partition coefficient (Wildman–Crippen LogP) is 4.63. The summed E-state index contributed by atoms with van der Waals surface area (Å²) in [5, 5.41) is 2.51. The van der Waals surface area contributed by atoms with Gasteiger partial charge in [-0.2, -0.15) is 13.2 Å². The van der Waals surface area contributed by atoms with Crippen LogP contribution in [0.3, 0.4) is 0 Å². The van der Waals surface area contributed by atoms with Crippen molar-refractivity contribution in [2.24, 2.45) is 0 Å². The molecule has 9 nitrogen and oxygen atoms in total. The van der Waals surface area contributed by atoms with Gasteiger partial charge in [0, 0.05) is 24.7 Å². The summed E-state index contributed by atoms with van der Waals surface area (Å²) in [5.74, 6) is -0.181. The van der Waals surface area contributed by atoms with Gasteiger partial charge in [-0.15, -0.1) is 6.42 Å². The first-order valence-corrected chi connectivity index (χ1v) is 15.4. The molecule has 0 saturated carbocycles. The van der Waals surface area contributed by atoms with Gasteiger partial charge in [0.25, 0.3) is 0 Å². The number of hydrogen-bond donors (Lipinski definition) is 2. The number of rotatable bonds is 10. The van der Waals surface area contributed by atoms with Crippen molar-refractivity contribution in [2.75, 3.05) is 22.4 Å². The number of esters is 1. The molecular weight excluding hydrogens is 616 g/mol. The number of alkyl halides is 3. The van der Waals surface area contributed by atoms with Gasteiger partial charge in [0.15, 0.2) is 0 Å². The van der Waals surface area contributed by atoms with E-state index in [9.17, 15) is 35.6 Å². The van der Waals surface area contributed by atoms with E-state index in [1.165, 1.54) is 17.0 Å². The quantitative estimate of drug-likeness (QED) is 0.143. The highest BCUT2D eigenvalue weighted by atomic mass is 32.2. The Kier molecular flexibility index (Phi) is 10.1. The number of nitrogens with zero attached hydrogens (tertiary/aromatic N) is 2. The smallest absolute Gasteiger partial charge is 0.433 e. The predicted molar refractivity (Wildman–Crippen MR) is 160 cm³/mol. The molecular formula is C31H28F4N4O5S. The Bertz CT molecular complexity index is 1760. The van der Waals surface area contributed by atoms with E-state index in [1.807, 2.05) is 10.8 Å². The Balaban J connectivity index is 1.51. The van der Waals surface area contributed by atoms with Crippen molar-refractivity contribution in [1.29, 1.82) is 0 Å². The van der Waals surface area contributed by atoms with E-state index in [-0.39, 0.29) is 42.2 Å². The van der Waals surface area contributed by atoms with E-state index in [0.29, 0.717) is 12.8 Å². The second kappa shape index (κ2) is 13.8. The molecule has 1 unspecified atom stereocenters. The highest BCUT2D eigenvalue weighted by molar-refractivity contribution is 7.92. The first-order chi connectivity index (χ1) is 21.2. The molecule has 1 saturated heterocycles. The van der Waals surface area contributed by atoms with E-state index in [4.69, 9.17) is 11.2 Å². The third kappa shape index (κ3) is 8.82. The van der Waals surface area contributed by atoms with Crippen molar-refractivity contribution < 1.29 is 40.3 Å². The molecule has 45 heavy (non-hydrogen) atoms. The maximum absolute atomic E-state index is 14.6. The number of ether oxygens (including phenoxy) is 1. The van der Waals surface area contributed by atoms with Crippen LogP contribution in [0.15, 0.2) is 60.7 Å². The normalized spacial score (nSPS) is 15.1. The van der Waals surface area contributed by atoms with Crippen LogP contribution in [0.2, 0.25) is 0 Å². The van der Waals surface area contributed by atoms with Gasteiger partial charge < -0.3 is 15.0 Å². The van der Waals surface area contributed by atoms with Gasteiger partial charge in [0.1, 0.15) is 30.0 Å². The SMILES string of the molecule is C#Cc1cc(CNC(=O)/C=C\c2ccc(C(F)(F)F)nc2N2CCCC2C(=O)OCc2ccccc2)cc(F)c1NS(C)(=O)=O. The number of pyridine rings is 1. The lowest BCUT2D eigenvalue weighted by molar-refractivity contribution is -0.146. The van der Waals surface area contributed by atoms with Crippen LogP contribution in [-0.2, 0) is 43.7 Å². The number of hydrogen-bond acceptors (Lipinski definition) is 7. The zero-order valence-electron chi connectivity index (χ0n) is 23.9. The molecule has 1 atom stereocenters. The van der Waals surface area contributed by atoms with E-state index >= 15 is 0 Å². The lowest BCUT2D eigenvalue weighted by atomic mass is 10.1. The molecule has 0 spiro atoms. The summed E-state index contributed by atoms with van der Waals surface area (Å²) in [6, 6.07) is 12.3. The fourth-order valence-electron chi connectivity index (χ4n) is 4.65. The lowest BCUT2D eigenvalue weighted by Gasteiger charge is -2.26. The Morgan fingerprint density at radius 2 is 1.89 bits per heavy atom. The largest absolute Gasteiger partial charge is 0.459 e. The molecule has 0 bridgehead atoms. The number of nitrogens with one attached hydrogen (secondary N) is 2. The molecule has 3 aromatic rings. The number of carbonyl (C=O) groups is 2. The van der Waals surface area contributed by atoms with E-state index in [2.05, 4.69) is 16.2 Å². The summed E-state index contributed by atoms with van der Waals surface area (Å²) in [5.41, 5.74) is -0.515. The number of halogens is 4. The minimum atomic E-state index is -4.75. The molecule has 2 aromatic carbocycles. The van der Waals surface area contributed by atoms with Crippen LogP contribution in [0.5, 0.6) is 0 Å². The highest BCUT2D eigenvalue weighted by Gasteiger charge is 2.37. The molecule has 1 aliphatic rings. The second-order valence-corrected chi connectivity index (χ2v) is 11.9. The molecule has 236 valence electrons. The minimum Gasteiger partial charge on any atom is -0.459 e. The zero-order valence-corrected chi connectivity index (χ0v) is 24.7. The molecule has 0 aliphatic carbocycles. The third-order valence-corrected chi connectivity index (χ3v) is 7.27. The van der Waals surface area contributed by atoms with Crippen LogP contribution in [-0.4, -0.2) is 44.1 Å². The maximum Gasteiger partial charge on any atom is 0.433 e. The van der Waals surface area contributed by atoms with Gasteiger partial charge >= 0.3 is 12.1 Å². The summed E-state index contributed by atoms with van der Waals surface area (Å²) in [4.78, 5) is 30.8. The van der Waals surface area contributed by atoms with E-state index in [0.717, 1.165) is 36.1 Å². The molecule has 2 N–H and O–H groups in total. The number of benzene rings is 2. The second-order valence-electron chi connectivity index (χ2n) is 10.1. The summed E-state index contributed by atoms with van der Waals surface area (Å²) < 4.78 is 85.8. The van der Waals surface area contributed by atoms with Crippen molar-refractivity contribution in [3.63, 3.8) is 0 Å². The van der Waals surface area contributed by atoms with Crippen molar-refractivity contribution in [2.45, 2.75) is 38.2 Å². The molecule has 1 aliphatic heterocycles. The number of carbonyl (C=O) groups excluding carboxylic acids is 2. The molecule has 1 aromatic heterocycles. The van der Waals surface area contributed by atoms with Crippen LogP contribution >= 0.6 is 0 Å². The number of anilines is 2. The topological polar surface area (TPSA) is 118 Å². The number of terminal acetylenes is 1. The van der Waals surface area contributed by atoms with Crippen LogP contribution in [0.25, 0.3) is 6.08 Å². The van der Waals surface area contributed by atoms with Crippen molar-refractivity contribution in [3.05, 3.63) is 94.4 Å². The average Bonchev–Trinajstić information content (AvgIpc) is 3.48. The Hall–Kier alpha value is -4.90. The summed E-state index contributed by atoms with van der Waals surface area (Å²) in [6.45, 7) is 0.0316. The number of amides is 1. The average molecular weight is 645 g/mol. The molecule has 0 radical (unpaired) electrons. The van der Waals surface area contributed by atoms with Gasteiger partial charge in [-0.3, -0.25) is 9.52 Å². The Morgan fingerprint density at radius 1 is 1.16 bits per heavy atom. The van der Waals surface area contributed by atoms with Gasteiger partial charge in [-0.1, -0.05) is 36.3 Å². The zero-order chi connectivity index (χ0) is 32.8. The Morgan fingerprint density at radius 3 is 2.56 bits per heavy atom. The van der Waals surface area contributed by atoms with Gasteiger partial charge in [-0.05, 0) is 54.3 Å². The summed E-state index contributed by atoms with van der Waals surface area (Å²) in [7, 11) is -3.81. The Labute approximate surface area is 257 Å². The molecule has 14 heteroatoms. The van der Waals surface area contributed by atoms with Gasteiger partial charge in [-0.25, -0.2) is 22.6 Å². The minimum absolute atomic E-state index is 0.00333. The third-order valence-electron chi connectivity index (χ3n) is 6.69. The van der Waals surface area contributed by atoms with Crippen LogP contribution < -0.4 is 14.9 Å². The first kappa shape index (κ1) is 33.0. The fourth-order valence-corrected chi connectivity index (χ4v) is 5.23. The number of sulfonamides is 1. The number of aromatic nitrogens is 1. The summed E-state index contributed by atoms with van der Waals surface area (Å²) in [6.07, 6.45) is 4.63. The van der Waals surface area contributed by atoms with Crippen LogP contribution in [0.1, 0.15) is 40.8 Å². The van der Waals surface area contributed by atoms with Crippen LogP contribution in [0, 0.1) is 18.2 Å². The summed E-state index contributed by atoms with van der Waals surface area (Å²) >= 11 is 0. The van der Waals surface area contributed by atoms with Crippen molar-refractivity contribution in [3.8, 4) is 12.3 Å². The molecule has 1 fully saturated rings. The highest BCUT2D eigenvalue weighted by Crippen LogP contribution is 2.34. The lowest BCUT2D eigenvalue weighted by Crippen LogP contribution is -2.38. The standard InChI is InChI=1S/C31H28F4N4O5S/c1-3-22-16-21(17-24(32)28(22)38-45(2,42)43)18-36-27(40)14-12-23-11-13-26(31(33,34)35)37-29(23)39-15-7-10-25(39)30(41)44-19-20-8-5-4-6-9-20/h1,4-6,8-9,11-14,16-17,25,38H,7,10,15,18-19H2,2H3,(H,36,40)/b14-12-. The van der Waals surface area contributed by atoms with Crippen molar-refractivity contribution in [1.82, 2.24) is 10.3 Å². The molecule has 4 rings (SSSR count). The van der Waals surface area contributed by atoms with Gasteiger partial charge in [0.2, 0.25) is 15.9 Å². The van der Waals surface area contributed by atoms with E-state index < -0.39 is 51.3 Å². The monoisotopic (exact) mass is 644 g/mol. The fraction of sp³-hybridized carbons (Fsp3) is 0.258. The maximum atomic E-state index is 14.6. The van der Waals surface area contributed by atoms with Gasteiger partial charge in [0.05, 0.1) is 17.5 Å². The first-order valence-electron chi connectivity index (χ1n) is 13.5. The molecule has 1 amide bonds.